The Kier molecular flexibility index (Phi) is 8.49. The maximum absolute atomic E-state index is 6.14. The van der Waals surface area contributed by atoms with Gasteiger partial charge in [-0.2, -0.15) is 0 Å². The average Bonchev–Trinajstić information content (AvgIpc) is 1.96. The van der Waals surface area contributed by atoms with Gasteiger partial charge in [-0.1, -0.05) is 0 Å². The van der Waals surface area contributed by atoms with Crippen LogP contribution in [-0.4, -0.2) is 18.4 Å². The van der Waals surface area contributed by atoms with Gasteiger partial charge < -0.3 is 0 Å². The average molecular weight is 428 g/mol. The summed E-state index contributed by atoms with van der Waals surface area (Å²) in [5.74, 6) is 0.401. The molecule has 0 aliphatic carbocycles. The molecule has 0 spiro atoms. The molecular formula is C4H8Cl8SSi2. The van der Waals surface area contributed by atoms with E-state index in [-0.39, 0.29) is 0 Å². The molecule has 0 aliphatic heterocycles. The molecule has 0 bridgehead atoms. The highest BCUT2D eigenvalue weighted by Crippen LogP contribution is 2.64. The van der Waals surface area contributed by atoms with Gasteiger partial charge in [-0.05, 0) is 57.8 Å². The zero-order valence-corrected chi connectivity index (χ0v) is 16.1. The third-order valence-electron chi connectivity index (χ3n) is 1.47. The molecule has 0 aromatic carbocycles. The number of rotatable bonds is 6. The first-order valence-corrected chi connectivity index (χ1v) is 17.7. The summed E-state index contributed by atoms with van der Waals surface area (Å²) in [5, 5.41) is 0. The van der Waals surface area contributed by atoms with E-state index in [4.69, 9.17) is 87.4 Å². The predicted octanol–water partition coefficient (Wildman–Crippen LogP) is 6.83. The highest BCUT2D eigenvalue weighted by atomic mass is 36.2. The molecule has 0 saturated carbocycles. The maximum Gasteiger partial charge on any atom is 0.341 e. The molecule has 0 rings (SSSR count). The van der Waals surface area contributed by atoms with Crippen LogP contribution in [0.4, 0.5) is 0 Å². The lowest BCUT2D eigenvalue weighted by molar-refractivity contribution is 1.33. The molecular weight excluding hydrogens is 420 g/mol. The Balaban J connectivity index is 3.98. The van der Waals surface area contributed by atoms with Crippen molar-refractivity contribution < 1.29 is 0 Å². The van der Waals surface area contributed by atoms with Gasteiger partial charge in [0.05, 0.1) is 0 Å². The molecule has 0 nitrogen and oxygen atoms in total. The van der Waals surface area contributed by atoms with Gasteiger partial charge >= 0.3 is 6.00 Å². The third kappa shape index (κ3) is 13.3. The lowest BCUT2D eigenvalue weighted by Gasteiger charge is -2.22. The fraction of sp³-hybridized carbons (Fsp3) is 1.00. The van der Waals surface area contributed by atoms with Crippen LogP contribution in [0.5, 0.6) is 0 Å². The highest BCUT2D eigenvalue weighted by molar-refractivity contribution is 8.79. The quantitative estimate of drug-likeness (QED) is 0.322. The molecule has 0 saturated heterocycles. The zero-order valence-electron chi connectivity index (χ0n) is 7.26. The summed E-state index contributed by atoms with van der Waals surface area (Å²) in [7, 11) is 14.9. The van der Waals surface area contributed by atoms with E-state index in [9.17, 15) is 0 Å². The lowest BCUT2D eigenvalue weighted by atomic mass is 10.9. The van der Waals surface area contributed by atoms with Gasteiger partial charge in [0.1, 0.15) is 0 Å². The second-order valence-corrected chi connectivity index (χ2v) is 27.4. The maximum atomic E-state index is 6.14. The van der Waals surface area contributed by atoms with Crippen LogP contribution < -0.4 is 0 Å². The van der Waals surface area contributed by atoms with Crippen molar-refractivity contribution in [2.75, 3.05) is 5.75 Å². The number of hydrogen-bond acceptors (Lipinski definition) is 0. The van der Waals surface area contributed by atoms with Crippen LogP contribution in [0.3, 0.4) is 0 Å². The zero-order chi connectivity index (χ0) is 12.3. The molecule has 15 heavy (non-hydrogen) atoms. The molecule has 0 radical (unpaired) electrons. The van der Waals surface area contributed by atoms with E-state index in [2.05, 4.69) is 0 Å². The Labute approximate surface area is 130 Å². The molecule has 0 unspecified atom stereocenters. The van der Waals surface area contributed by atoms with Crippen molar-refractivity contribution in [2.45, 2.75) is 18.1 Å². The molecule has 11 heteroatoms. The molecule has 0 atom stereocenters. The fourth-order valence-electron chi connectivity index (χ4n) is 0.715. The van der Waals surface area contributed by atoms with Crippen LogP contribution in [0.1, 0.15) is 0 Å². The Morgan fingerprint density at radius 1 is 0.733 bits per heavy atom. The van der Waals surface area contributed by atoms with Crippen LogP contribution in [-0.2, 0) is 0 Å². The first kappa shape index (κ1) is 18.1. The van der Waals surface area contributed by atoms with Crippen molar-refractivity contribution in [1.29, 1.82) is 0 Å². The van der Waals surface area contributed by atoms with Gasteiger partial charge in [0.15, 0.2) is 0 Å². The van der Waals surface area contributed by atoms with E-state index in [1.807, 2.05) is 0 Å². The van der Waals surface area contributed by atoms with Gasteiger partial charge in [-0.25, -0.2) is 0 Å². The van der Waals surface area contributed by atoms with Gasteiger partial charge in [0.2, 0.25) is 0 Å². The SMILES string of the molecule is Cl[Si](Cl)(Cl)CC[Si](Cl)(Cl)CCS(Cl)(Cl)Cl. The van der Waals surface area contributed by atoms with Crippen molar-refractivity contribution in [2.24, 2.45) is 0 Å². The molecule has 0 aromatic heterocycles. The summed E-state index contributed by atoms with van der Waals surface area (Å²) in [5.41, 5.74) is 0. The fourth-order valence-corrected chi connectivity index (χ4v) is 13.4. The lowest BCUT2D eigenvalue weighted by Crippen LogP contribution is -2.23. The van der Waals surface area contributed by atoms with Gasteiger partial charge in [-0.15, -0.1) is 55.4 Å². The van der Waals surface area contributed by atoms with E-state index in [1.165, 1.54) is 0 Å². The third-order valence-corrected chi connectivity index (χ3v) is 11.1. The molecule has 0 fully saturated rings. The molecule has 0 amide bonds. The van der Waals surface area contributed by atoms with Crippen molar-refractivity contribution >= 4 is 108 Å². The minimum Gasteiger partial charge on any atom is -0.146 e. The largest absolute Gasteiger partial charge is 0.341 e. The van der Waals surface area contributed by atoms with E-state index in [1.54, 1.807) is 0 Å². The Morgan fingerprint density at radius 3 is 1.53 bits per heavy atom. The predicted molar refractivity (Wildman–Crippen MR) is 85.2 cm³/mol. The number of hydrogen-bond donors (Lipinski definition) is 0. The second kappa shape index (κ2) is 7.04. The van der Waals surface area contributed by atoms with Gasteiger partial charge in [0, 0.05) is 5.75 Å². The molecule has 94 valence electrons. The van der Waals surface area contributed by atoms with Crippen LogP contribution in [0.2, 0.25) is 18.1 Å². The first-order chi connectivity index (χ1) is 6.41. The molecule has 0 aromatic rings. The van der Waals surface area contributed by atoms with E-state index in [0.29, 0.717) is 23.9 Å². The number of halogens is 8. The summed E-state index contributed by atoms with van der Waals surface area (Å²) in [4.78, 5) is 0. The van der Waals surface area contributed by atoms with E-state index >= 15 is 0 Å². The summed E-state index contributed by atoms with van der Waals surface area (Å²) < 4.78 is 0. The van der Waals surface area contributed by atoms with Crippen LogP contribution in [0, 0.1) is 0 Å². The summed E-state index contributed by atoms with van der Waals surface area (Å²) in [6.45, 7) is -2.43. The Morgan fingerprint density at radius 2 is 1.20 bits per heavy atom. The van der Waals surface area contributed by atoms with Crippen molar-refractivity contribution in [3.63, 3.8) is 0 Å². The molecule has 0 aliphatic rings. The Bertz CT molecular complexity index is 178. The summed E-state index contributed by atoms with van der Waals surface area (Å²) in [6.07, 6.45) is 0. The van der Waals surface area contributed by atoms with E-state index in [0.717, 1.165) is 0 Å². The summed E-state index contributed by atoms with van der Waals surface area (Å²) >= 11 is 29.5. The molecule has 0 heterocycles. The Hall–Kier alpha value is 3.10. The van der Waals surface area contributed by atoms with Crippen molar-refractivity contribution in [1.82, 2.24) is 0 Å². The summed E-state index contributed by atoms with van der Waals surface area (Å²) in [6, 6.07) is -1.16. The van der Waals surface area contributed by atoms with Crippen LogP contribution in [0.25, 0.3) is 0 Å². The van der Waals surface area contributed by atoms with Crippen LogP contribution >= 0.6 is 95.1 Å². The smallest absolute Gasteiger partial charge is 0.146 e. The van der Waals surface area contributed by atoms with Crippen molar-refractivity contribution in [3.8, 4) is 0 Å². The monoisotopic (exact) mass is 424 g/mol. The second-order valence-electron chi connectivity index (χ2n) is 2.93. The van der Waals surface area contributed by atoms with E-state index < -0.39 is 20.4 Å². The normalized spacial score (nSPS) is 15.5. The standard InChI is InChI=1S/C4H8Cl8SSi2/c5-13(6,7)1-2-14(8,9)3-4-15(10,11)12/h1-4H2. The first-order valence-electron chi connectivity index (χ1n) is 3.76. The minimum absolute atomic E-state index is 0.401. The van der Waals surface area contributed by atoms with Gasteiger partial charge in [-0.3, -0.25) is 0 Å². The topological polar surface area (TPSA) is 0 Å². The highest BCUT2D eigenvalue weighted by Gasteiger charge is 2.35. The minimum atomic E-state index is -2.65. The van der Waals surface area contributed by atoms with Crippen LogP contribution in [0.15, 0.2) is 0 Å². The molecule has 0 N–H and O–H groups in total. The van der Waals surface area contributed by atoms with Crippen molar-refractivity contribution in [3.05, 3.63) is 0 Å². The van der Waals surface area contributed by atoms with Gasteiger partial charge in [0.25, 0.3) is 6.69 Å².